The second-order valence-electron chi connectivity index (χ2n) is 7.54. The molecule has 0 aromatic heterocycles. The van der Waals surface area contributed by atoms with Crippen LogP contribution in [0.2, 0.25) is 0 Å². The first-order valence-electron chi connectivity index (χ1n) is 9.84. The quantitative estimate of drug-likeness (QED) is 0.777. The molecule has 0 aliphatic carbocycles. The highest BCUT2D eigenvalue weighted by Gasteiger charge is 2.34. The van der Waals surface area contributed by atoms with E-state index in [9.17, 15) is 22.4 Å². The first-order chi connectivity index (χ1) is 14.7. The maximum atomic E-state index is 13.9. The molecule has 2 aromatic rings. The molecule has 0 bridgehead atoms. The van der Waals surface area contributed by atoms with Crippen LogP contribution in [0.15, 0.2) is 41.3 Å². The molecule has 0 radical (unpaired) electrons. The van der Waals surface area contributed by atoms with Crippen molar-refractivity contribution in [1.82, 2.24) is 9.21 Å². The van der Waals surface area contributed by atoms with Crippen LogP contribution < -0.4 is 10.1 Å². The number of ether oxygens (including phenoxy) is 1. The molecule has 1 atom stereocenters. The molecular formula is C21H22FN3O5S. The van der Waals surface area contributed by atoms with Gasteiger partial charge >= 0.3 is 0 Å². The van der Waals surface area contributed by atoms with Crippen molar-refractivity contribution in [2.75, 3.05) is 31.5 Å². The number of hydrogen-bond donors (Lipinski definition) is 1. The van der Waals surface area contributed by atoms with E-state index in [4.69, 9.17) is 4.74 Å². The van der Waals surface area contributed by atoms with E-state index in [0.717, 1.165) is 0 Å². The van der Waals surface area contributed by atoms with Crippen LogP contribution in [0.1, 0.15) is 22.8 Å². The van der Waals surface area contributed by atoms with Gasteiger partial charge in [0.05, 0.1) is 16.1 Å². The van der Waals surface area contributed by atoms with Crippen molar-refractivity contribution in [3.05, 3.63) is 53.3 Å². The average molecular weight is 447 g/mol. The molecule has 1 saturated heterocycles. The molecule has 10 heteroatoms. The molecule has 2 aromatic carbocycles. The molecule has 2 heterocycles. The zero-order valence-corrected chi connectivity index (χ0v) is 17.9. The van der Waals surface area contributed by atoms with Crippen molar-refractivity contribution in [2.24, 2.45) is 0 Å². The molecule has 4 rings (SSSR count). The number of halogens is 1. The van der Waals surface area contributed by atoms with E-state index in [2.05, 4.69) is 5.32 Å². The molecular weight excluding hydrogens is 425 g/mol. The number of fused-ring (bicyclic) bond motifs is 1. The van der Waals surface area contributed by atoms with E-state index in [1.165, 1.54) is 33.5 Å². The molecule has 2 amide bonds. The van der Waals surface area contributed by atoms with E-state index < -0.39 is 27.9 Å². The number of carbonyl (C=O) groups is 2. The Kier molecular flexibility index (Phi) is 5.44. The number of nitrogens with zero attached hydrogens (tertiary/aromatic N) is 2. The van der Waals surface area contributed by atoms with Gasteiger partial charge in [0.1, 0.15) is 11.6 Å². The topological polar surface area (TPSA) is 96.0 Å². The summed E-state index contributed by atoms with van der Waals surface area (Å²) in [5.74, 6) is -1.06. The van der Waals surface area contributed by atoms with Crippen molar-refractivity contribution in [2.45, 2.75) is 24.8 Å². The van der Waals surface area contributed by atoms with E-state index in [-0.39, 0.29) is 42.5 Å². The second kappa shape index (κ2) is 7.93. The summed E-state index contributed by atoms with van der Waals surface area (Å²) in [6.45, 7) is 3.72. The standard InChI is InChI=1S/C21H22FN3O5S/c1-13-11-17-18(30-14(2)20(26)23-17)12-19(13)31(28,29)25-9-7-24(8-10-25)21(27)15-5-3-4-6-16(15)22/h3-6,11-12,14H,7-10H2,1-2H3,(H,23,26). The Morgan fingerprint density at radius 2 is 1.84 bits per heavy atom. The van der Waals surface area contributed by atoms with Crippen LogP contribution in [0.3, 0.4) is 0 Å². The van der Waals surface area contributed by atoms with Crippen molar-refractivity contribution in [3.63, 3.8) is 0 Å². The predicted molar refractivity (Wildman–Crippen MR) is 111 cm³/mol. The number of hydrogen-bond acceptors (Lipinski definition) is 5. The average Bonchev–Trinajstić information content (AvgIpc) is 2.74. The number of rotatable bonds is 3. The number of carbonyl (C=O) groups excluding carboxylic acids is 2. The van der Waals surface area contributed by atoms with Gasteiger partial charge in [-0.1, -0.05) is 12.1 Å². The highest BCUT2D eigenvalue weighted by Crippen LogP contribution is 2.35. The van der Waals surface area contributed by atoms with Gasteiger partial charge in [0, 0.05) is 32.2 Å². The van der Waals surface area contributed by atoms with Crippen LogP contribution in [0.25, 0.3) is 0 Å². The minimum absolute atomic E-state index is 0.0299. The first-order valence-corrected chi connectivity index (χ1v) is 11.3. The second-order valence-corrected chi connectivity index (χ2v) is 9.45. The normalized spacial score (nSPS) is 19.4. The van der Waals surface area contributed by atoms with E-state index in [0.29, 0.717) is 17.0 Å². The molecule has 2 aliphatic rings. The highest BCUT2D eigenvalue weighted by atomic mass is 32.2. The number of anilines is 1. The van der Waals surface area contributed by atoms with Crippen LogP contribution in [0, 0.1) is 12.7 Å². The predicted octanol–water partition coefficient (Wildman–Crippen LogP) is 2.00. The number of nitrogens with one attached hydrogen (secondary N) is 1. The molecule has 1 unspecified atom stereocenters. The van der Waals surface area contributed by atoms with Crippen molar-refractivity contribution >= 4 is 27.5 Å². The van der Waals surface area contributed by atoms with Crippen LogP contribution in [0.4, 0.5) is 10.1 Å². The Labute approximate surface area is 179 Å². The molecule has 1 N–H and O–H groups in total. The first kappa shape index (κ1) is 21.3. The molecule has 164 valence electrons. The van der Waals surface area contributed by atoms with Crippen molar-refractivity contribution in [1.29, 1.82) is 0 Å². The fourth-order valence-corrected chi connectivity index (χ4v) is 5.34. The van der Waals surface area contributed by atoms with Crippen molar-refractivity contribution < 1.29 is 27.1 Å². The van der Waals surface area contributed by atoms with Gasteiger partial charge in [0.2, 0.25) is 10.0 Å². The Morgan fingerprint density at radius 1 is 1.16 bits per heavy atom. The monoisotopic (exact) mass is 447 g/mol. The molecule has 31 heavy (non-hydrogen) atoms. The SMILES string of the molecule is Cc1cc2c(cc1S(=O)(=O)N1CCN(C(=O)c3ccccc3F)CC1)OC(C)C(=O)N2. The van der Waals surface area contributed by atoms with E-state index >= 15 is 0 Å². The fourth-order valence-electron chi connectivity index (χ4n) is 3.70. The highest BCUT2D eigenvalue weighted by molar-refractivity contribution is 7.89. The molecule has 0 saturated carbocycles. The summed E-state index contributed by atoms with van der Waals surface area (Å²) in [6.07, 6.45) is -0.723. The summed E-state index contributed by atoms with van der Waals surface area (Å²) < 4.78 is 47.3. The summed E-state index contributed by atoms with van der Waals surface area (Å²) in [6, 6.07) is 8.72. The summed E-state index contributed by atoms with van der Waals surface area (Å²) in [5.41, 5.74) is 0.875. The third-order valence-electron chi connectivity index (χ3n) is 5.46. The molecule has 1 fully saturated rings. The van der Waals surface area contributed by atoms with Crippen LogP contribution in [-0.2, 0) is 14.8 Å². The fraction of sp³-hybridized carbons (Fsp3) is 0.333. The number of aryl methyl sites for hydroxylation is 1. The Morgan fingerprint density at radius 3 is 2.52 bits per heavy atom. The molecule has 2 aliphatic heterocycles. The van der Waals surface area contributed by atoms with Gasteiger partial charge < -0.3 is 15.0 Å². The minimum atomic E-state index is -3.85. The minimum Gasteiger partial charge on any atom is -0.479 e. The maximum absolute atomic E-state index is 13.9. The number of amides is 2. The summed E-state index contributed by atoms with van der Waals surface area (Å²) in [5, 5.41) is 2.70. The third kappa shape index (κ3) is 3.88. The van der Waals surface area contributed by atoms with Crippen LogP contribution in [0.5, 0.6) is 5.75 Å². The van der Waals surface area contributed by atoms with Gasteiger partial charge in [-0.25, -0.2) is 12.8 Å². The van der Waals surface area contributed by atoms with Gasteiger partial charge in [0.15, 0.2) is 6.10 Å². The van der Waals surface area contributed by atoms with Gasteiger partial charge in [-0.2, -0.15) is 4.31 Å². The number of sulfonamides is 1. The van der Waals surface area contributed by atoms with Crippen LogP contribution >= 0.6 is 0 Å². The van der Waals surface area contributed by atoms with Gasteiger partial charge in [0.25, 0.3) is 11.8 Å². The lowest BCUT2D eigenvalue weighted by Gasteiger charge is -2.34. The maximum Gasteiger partial charge on any atom is 0.265 e. The van der Waals surface area contributed by atoms with Gasteiger partial charge in [-0.15, -0.1) is 0 Å². The van der Waals surface area contributed by atoms with Crippen molar-refractivity contribution in [3.8, 4) is 5.75 Å². The smallest absolute Gasteiger partial charge is 0.265 e. The van der Waals surface area contributed by atoms with Gasteiger partial charge in [-0.05, 0) is 37.6 Å². The van der Waals surface area contributed by atoms with E-state index in [1.54, 1.807) is 26.0 Å². The summed E-state index contributed by atoms with van der Waals surface area (Å²) in [7, 11) is -3.85. The molecule has 8 nitrogen and oxygen atoms in total. The zero-order valence-electron chi connectivity index (χ0n) is 17.1. The lowest BCUT2D eigenvalue weighted by molar-refractivity contribution is -0.122. The Balaban J connectivity index is 1.52. The summed E-state index contributed by atoms with van der Waals surface area (Å²) >= 11 is 0. The third-order valence-corrected chi connectivity index (χ3v) is 7.50. The lowest BCUT2D eigenvalue weighted by atomic mass is 10.1. The summed E-state index contributed by atoms with van der Waals surface area (Å²) in [4.78, 5) is 25.9. The van der Waals surface area contributed by atoms with Crippen LogP contribution in [-0.4, -0.2) is 61.7 Å². The Hall–Kier alpha value is -2.98. The molecule has 0 spiro atoms. The largest absolute Gasteiger partial charge is 0.479 e. The number of piperazine rings is 1. The lowest BCUT2D eigenvalue weighted by Crippen LogP contribution is -2.50. The Bertz CT molecular complexity index is 1160. The van der Waals surface area contributed by atoms with E-state index in [1.807, 2.05) is 0 Å². The number of benzene rings is 2. The zero-order chi connectivity index (χ0) is 22.3. The van der Waals surface area contributed by atoms with Gasteiger partial charge in [-0.3, -0.25) is 9.59 Å².